The van der Waals surface area contributed by atoms with Crippen LogP contribution in [-0.4, -0.2) is 30.4 Å². The second kappa shape index (κ2) is 8.95. The Morgan fingerprint density at radius 2 is 2.11 bits per heavy atom. The lowest BCUT2D eigenvalue weighted by atomic mass is 10.2. The summed E-state index contributed by atoms with van der Waals surface area (Å²) in [4.78, 5) is 0. The fraction of sp³-hybridized carbons (Fsp3) is 0.467. The van der Waals surface area contributed by atoms with E-state index in [1.807, 2.05) is 31.2 Å². The summed E-state index contributed by atoms with van der Waals surface area (Å²) in [6.07, 6.45) is 5.60. The van der Waals surface area contributed by atoms with Crippen molar-refractivity contribution in [3.05, 3.63) is 34.9 Å². The van der Waals surface area contributed by atoms with Gasteiger partial charge in [-0.2, -0.15) is 0 Å². The Kier molecular flexibility index (Phi) is 7.54. The average Bonchev–Trinajstić information content (AvgIpc) is 2.42. The van der Waals surface area contributed by atoms with Crippen LogP contribution in [0, 0.1) is 12.3 Å². The second-order valence-corrected chi connectivity index (χ2v) is 4.77. The highest BCUT2D eigenvalue weighted by molar-refractivity contribution is 6.30. The molecule has 2 unspecified atom stereocenters. The molecule has 0 spiro atoms. The number of aliphatic hydroxyl groups excluding tert-OH is 1. The van der Waals surface area contributed by atoms with E-state index in [1.165, 1.54) is 0 Å². The van der Waals surface area contributed by atoms with Gasteiger partial charge in [0.1, 0.15) is 0 Å². The van der Waals surface area contributed by atoms with Gasteiger partial charge in [-0.3, -0.25) is 0 Å². The molecule has 4 heteroatoms. The van der Waals surface area contributed by atoms with E-state index in [0.717, 1.165) is 12.0 Å². The number of halogens is 1. The molecular formula is C15H20ClNO2. The number of terminal acetylenes is 1. The molecule has 0 radical (unpaired) electrons. The molecule has 2 N–H and O–H groups in total. The summed E-state index contributed by atoms with van der Waals surface area (Å²) in [5.74, 6) is 2.62. The zero-order chi connectivity index (χ0) is 14.1. The molecule has 0 aliphatic rings. The van der Waals surface area contributed by atoms with Crippen molar-refractivity contribution in [1.29, 1.82) is 0 Å². The smallest absolute Gasteiger partial charge is 0.0898 e. The molecule has 0 bridgehead atoms. The first-order valence-electron chi connectivity index (χ1n) is 6.35. The number of rotatable bonds is 8. The molecule has 2 atom stereocenters. The summed E-state index contributed by atoms with van der Waals surface area (Å²) in [6, 6.07) is 7.44. The fourth-order valence-corrected chi connectivity index (χ4v) is 1.68. The molecule has 0 fully saturated rings. The van der Waals surface area contributed by atoms with Crippen molar-refractivity contribution in [2.75, 3.05) is 13.2 Å². The van der Waals surface area contributed by atoms with E-state index in [1.54, 1.807) is 0 Å². The summed E-state index contributed by atoms with van der Waals surface area (Å²) < 4.78 is 5.44. The largest absolute Gasteiger partial charge is 0.389 e. The quantitative estimate of drug-likeness (QED) is 0.718. The Balaban J connectivity index is 2.18. The van der Waals surface area contributed by atoms with Gasteiger partial charge in [0.25, 0.3) is 0 Å². The number of aliphatic hydroxyl groups is 1. The van der Waals surface area contributed by atoms with Gasteiger partial charge in [0.15, 0.2) is 0 Å². The number of ether oxygens (including phenoxy) is 1. The summed E-state index contributed by atoms with van der Waals surface area (Å²) in [5, 5.41) is 13.5. The van der Waals surface area contributed by atoms with Gasteiger partial charge < -0.3 is 15.2 Å². The molecule has 3 nitrogen and oxygen atoms in total. The van der Waals surface area contributed by atoms with E-state index in [9.17, 15) is 5.11 Å². The van der Waals surface area contributed by atoms with Crippen LogP contribution in [0.2, 0.25) is 5.02 Å². The van der Waals surface area contributed by atoms with Crippen LogP contribution in [0.4, 0.5) is 0 Å². The van der Waals surface area contributed by atoms with E-state index < -0.39 is 6.10 Å². The zero-order valence-corrected chi connectivity index (χ0v) is 11.9. The van der Waals surface area contributed by atoms with Gasteiger partial charge in [0.05, 0.1) is 25.4 Å². The number of benzene rings is 1. The van der Waals surface area contributed by atoms with E-state index in [2.05, 4.69) is 11.2 Å². The van der Waals surface area contributed by atoms with E-state index in [4.69, 9.17) is 22.8 Å². The van der Waals surface area contributed by atoms with Crippen molar-refractivity contribution in [3.63, 3.8) is 0 Å². The summed E-state index contributed by atoms with van der Waals surface area (Å²) >= 11 is 5.79. The van der Waals surface area contributed by atoms with Crippen LogP contribution in [-0.2, 0) is 11.3 Å². The molecule has 0 aliphatic heterocycles. The van der Waals surface area contributed by atoms with Gasteiger partial charge >= 0.3 is 0 Å². The molecular weight excluding hydrogens is 262 g/mol. The maximum atomic E-state index is 9.73. The SMILES string of the molecule is C#CC(CC)NCC(O)COCc1ccc(Cl)cc1. The molecule has 104 valence electrons. The van der Waals surface area contributed by atoms with E-state index in [0.29, 0.717) is 18.2 Å². The lowest BCUT2D eigenvalue weighted by Crippen LogP contribution is -2.36. The second-order valence-electron chi connectivity index (χ2n) is 4.33. The van der Waals surface area contributed by atoms with E-state index >= 15 is 0 Å². The van der Waals surface area contributed by atoms with Gasteiger partial charge in [-0.1, -0.05) is 36.6 Å². The Hall–Kier alpha value is -1.05. The monoisotopic (exact) mass is 281 g/mol. The minimum atomic E-state index is -0.560. The molecule has 0 saturated carbocycles. The van der Waals surface area contributed by atoms with Crippen LogP contribution in [0.25, 0.3) is 0 Å². The molecule has 0 saturated heterocycles. The Labute approximate surface area is 119 Å². The topological polar surface area (TPSA) is 41.5 Å². The average molecular weight is 282 g/mol. The normalized spacial score (nSPS) is 13.8. The van der Waals surface area contributed by atoms with Gasteiger partial charge in [-0.05, 0) is 24.1 Å². The molecule has 0 aliphatic carbocycles. The van der Waals surface area contributed by atoms with Crippen LogP contribution in [0.3, 0.4) is 0 Å². The molecule has 19 heavy (non-hydrogen) atoms. The first kappa shape index (κ1) is 16.0. The van der Waals surface area contributed by atoms with Crippen LogP contribution >= 0.6 is 11.6 Å². The van der Waals surface area contributed by atoms with Gasteiger partial charge in [0, 0.05) is 11.6 Å². The molecule has 0 amide bonds. The molecule has 1 aromatic carbocycles. The van der Waals surface area contributed by atoms with Gasteiger partial charge in [-0.15, -0.1) is 6.42 Å². The standard InChI is InChI=1S/C15H20ClNO2/c1-3-14(4-2)17-9-15(18)11-19-10-12-5-7-13(16)8-6-12/h1,5-8,14-15,17-18H,4,9-11H2,2H3. The highest BCUT2D eigenvalue weighted by Crippen LogP contribution is 2.10. The molecule has 1 rings (SSSR count). The minimum absolute atomic E-state index is 0.00548. The van der Waals surface area contributed by atoms with Gasteiger partial charge in [-0.25, -0.2) is 0 Å². The highest BCUT2D eigenvalue weighted by atomic mass is 35.5. The van der Waals surface area contributed by atoms with Crippen molar-refractivity contribution in [1.82, 2.24) is 5.32 Å². The maximum Gasteiger partial charge on any atom is 0.0898 e. The third-order valence-corrected chi connectivity index (χ3v) is 2.95. The Morgan fingerprint density at radius 1 is 1.42 bits per heavy atom. The highest BCUT2D eigenvalue weighted by Gasteiger charge is 2.07. The van der Waals surface area contributed by atoms with E-state index in [-0.39, 0.29) is 12.6 Å². The number of nitrogens with one attached hydrogen (secondary N) is 1. The Morgan fingerprint density at radius 3 is 2.68 bits per heavy atom. The van der Waals surface area contributed by atoms with Crippen LogP contribution in [0.5, 0.6) is 0 Å². The first-order chi connectivity index (χ1) is 9.15. The maximum absolute atomic E-state index is 9.73. The van der Waals surface area contributed by atoms with Crippen molar-refractivity contribution >= 4 is 11.6 Å². The zero-order valence-electron chi connectivity index (χ0n) is 11.1. The van der Waals surface area contributed by atoms with Crippen molar-refractivity contribution in [3.8, 4) is 12.3 Å². The van der Waals surface area contributed by atoms with Crippen molar-refractivity contribution in [2.45, 2.75) is 32.1 Å². The van der Waals surface area contributed by atoms with Crippen LogP contribution in [0.1, 0.15) is 18.9 Å². The first-order valence-corrected chi connectivity index (χ1v) is 6.73. The Bertz CT molecular complexity index is 400. The summed E-state index contributed by atoms with van der Waals surface area (Å²) in [6.45, 7) is 3.17. The van der Waals surface area contributed by atoms with Gasteiger partial charge in [0.2, 0.25) is 0 Å². The lowest BCUT2D eigenvalue weighted by molar-refractivity contribution is 0.0282. The predicted molar refractivity (Wildman–Crippen MR) is 78.0 cm³/mol. The summed E-state index contributed by atoms with van der Waals surface area (Å²) in [7, 11) is 0. The molecule has 0 heterocycles. The molecule has 0 aromatic heterocycles. The summed E-state index contributed by atoms with van der Waals surface area (Å²) in [5.41, 5.74) is 1.03. The minimum Gasteiger partial charge on any atom is -0.389 e. The van der Waals surface area contributed by atoms with Crippen LogP contribution < -0.4 is 5.32 Å². The molecule has 1 aromatic rings. The third kappa shape index (κ3) is 6.60. The van der Waals surface area contributed by atoms with Crippen LogP contribution in [0.15, 0.2) is 24.3 Å². The lowest BCUT2D eigenvalue weighted by Gasteiger charge is -2.15. The van der Waals surface area contributed by atoms with Crippen molar-refractivity contribution < 1.29 is 9.84 Å². The fourth-order valence-electron chi connectivity index (χ4n) is 1.55. The third-order valence-electron chi connectivity index (χ3n) is 2.70. The van der Waals surface area contributed by atoms with Crippen molar-refractivity contribution in [2.24, 2.45) is 0 Å². The number of hydrogen-bond acceptors (Lipinski definition) is 3. The predicted octanol–water partition coefficient (Wildman–Crippen LogP) is 2.22. The number of hydrogen-bond donors (Lipinski definition) is 2.